The van der Waals surface area contributed by atoms with Crippen molar-refractivity contribution in [3.8, 4) is 0 Å². The Balaban J connectivity index is 2.49. The molecule has 0 unspecified atom stereocenters. The molecule has 0 amide bonds. The van der Waals surface area contributed by atoms with E-state index in [9.17, 15) is 14.4 Å². The number of nitrogens with zero attached hydrogens (tertiary/aromatic N) is 1. The summed E-state index contributed by atoms with van der Waals surface area (Å²) in [7, 11) is 0. The van der Waals surface area contributed by atoms with E-state index in [4.69, 9.17) is 14.2 Å². The lowest BCUT2D eigenvalue weighted by Crippen LogP contribution is -2.09. The van der Waals surface area contributed by atoms with Gasteiger partial charge in [-0.25, -0.2) is 9.59 Å². The van der Waals surface area contributed by atoms with Crippen LogP contribution in [-0.2, 0) is 19.0 Å². The molecule has 2 rings (SSSR count). The van der Waals surface area contributed by atoms with E-state index in [2.05, 4.69) is 0 Å². The maximum Gasteiger partial charge on any atom is 0.356 e. The number of hydrogen-bond acceptors (Lipinski definition) is 7. The molecule has 0 atom stereocenters. The number of pyridine rings is 1. The van der Waals surface area contributed by atoms with E-state index in [0.29, 0.717) is 17.0 Å². The SMILES string of the molecule is CCOC(=O)C/C=C\Sc1c(C(=O)OCC)c2ccccn2c1C(=O)OCC. The molecule has 0 aliphatic carbocycles. The van der Waals surface area contributed by atoms with E-state index in [1.807, 2.05) is 0 Å². The van der Waals surface area contributed by atoms with Crippen LogP contribution in [0.3, 0.4) is 0 Å². The highest BCUT2D eigenvalue weighted by atomic mass is 32.2. The fourth-order valence-corrected chi connectivity index (χ4v) is 3.50. The molecule has 0 N–H and O–H groups in total. The topological polar surface area (TPSA) is 83.3 Å². The Bertz CT molecular complexity index is 831. The first-order chi connectivity index (χ1) is 13.5. The Kier molecular flexibility index (Phi) is 8.13. The molecule has 0 radical (unpaired) electrons. The van der Waals surface area contributed by atoms with Gasteiger partial charge in [0.15, 0.2) is 0 Å². The van der Waals surface area contributed by atoms with Crippen molar-refractivity contribution in [3.63, 3.8) is 0 Å². The Morgan fingerprint density at radius 2 is 1.68 bits per heavy atom. The zero-order valence-electron chi connectivity index (χ0n) is 16.1. The normalized spacial score (nSPS) is 11.0. The lowest BCUT2D eigenvalue weighted by Gasteiger charge is -2.05. The smallest absolute Gasteiger partial charge is 0.356 e. The van der Waals surface area contributed by atoms with Crippen LogP contribution >= 0.6 is 11.8 Å². The molecule has 150 valence electrons. The van der Waals surface area contributed by atoms with E-state index < -0.39 is 11.9 Å². The van der Waals surface area contributed by atoms with Crippen molar-refractivity contribution in [1.82, 2.24) is 4.40 Å². The molecular weight excluding hydrogens is 382 g/mol. The van der Waals surface area contributed by atoms with Gasteiger partial charge < -0.3 is 18.6 Å². The maximum absolute atomic E-state index is 12.6. The molecule has 0 fully saturated rings. The fourth-order valence-electron chi connectivity index (χ4n) is 2.57. The van der Waals surface area contributed by atoms with Crippen LogP contribution in [0.15, 0.2) is 40.8 Å². The first-order valence-corrected chi connectivity index (χ1v) is 9.87. The van der Waals surface area contributed by atoms with Gasteiger partial charge in [0, 0.05) is 6.20 Å². The van der Waals surface area contributed by atoms with E-state index in [1.165, 1.54) is 0 Å². The van der Waals surface area contributed by atoms with Gasteiger partial charge in [-0.15, -0.1) is 0 Å². The molecule has 0 bridgehead atoms. The summed E-state index contributed by atoms with van der Waals surface area (Å²) in [6.45, 7) is 5.89. The van der Waals surface area contributed by atoms with E-state index in [1.54, 1.807) is 61.1 Å². The van der Waals surface area contributed by atoms with E-state index >= 15 is 0 Å². The Morgan fingerprint density at radius 1 is 1.00 bits per heavy atom. The van der Waals surface area contributed by atoms with Crippen molar-refractivity contribution in [2.75, 3.05) is 19.8 Å². The van der Waals surface area contributed by atoms with Gasteiger partial charge in [-0.2, -0.15) is 0 Å². The standard InChI is InChI=1S/C20H23NO6S/c1-4-25-15(22)11-9-13-28-18-16(19(23)26-5-2)14-10-7-8-12-21(14)17(18)20(24)27-6-3/h7-10,12-13H,4-6,11H2,1-3H3/b13-9-. The first kappa shape index (κ1) is 21.6. The number of carbonyl (C=O) groups excluding carboxylic acids is 3. The highest BCUT2D eigenvalue weighted by Crippen LogP contribution is 2.34. The average Bonchev–Trinajstić information content (AvgIpc) is 3.00. The maximum atomic E-state index is 12.6. The minimum absolute atomic E-state index is 0.0949. The van der Waals surface area contributed by atoms with Gasteiger partial charge in [0.05, 0.1) is 42.2 Å². The first-order valence-electron chi connectivity index (χ1n) is 8.99. The van der Waals surface area contributed by atoms with Crippen LogP contribution in [0.1, 0.15) is 48.0 Å². The largest absolute Gasteiger partial charge is 0.466 e. The Labute approximate surface area is 167 Å². The zero-order chi connectivity index (χ0) is 20.5. The summed E-state index contributed by atoms with van der Waals surface area (Å²) in [5.41, 5.74) is 1.08. The van der Waals surface area contributed by atoms with Gasteiger partial charge >= 0.3 is 17.9 Å². The van der Waals surface area contributed by atoms with Crippen molar-refractivity contribution < 1.29 is 28.6 Å². The second kappa shape index (κ2) is 10.6. The highest BCUT2D eigenvalue weighted by Gasteiger charge is 2.28. The number of fused-ring (bicyclic) bond motifs is 1. The zero-order valence-corrected chi connectivity index (χ0v) is 16.9. The number of carbonyl (C=O) groups is 3. The van der Waals surface area contributed by atoms with Crippen LogP contribution in [0.25, 0.3) is 5.52 Å². The predicted octanol–water partition coefficient (Wildman–Crippen LogP) is 3.85. The van der Waals surface area contributed by atoms with Crippen LogP contribution in [0.5, 0.6) is 0 Å². The van der Waals surface area contributed by atoms with Crippen LogP contribution in [-0.4, -0.2) is 42.1 Å². The molecule has 8 heteroatoms. The van der Waals surface area contributed by atoms with Gasteiger partial charge in [0.1, 0.15) is 5.69 Å². The van der Waals surface area contributed by atoms with Crippen molar-refractivity contribution in [3.05, 3.63) is 47.1 Å². The fraction of sp³-hybridized carbons (Fsp3) is 0.350. The summed E-state index contributed by atoms with van der Waals surface area (Å²) in [4.78, 5) is 37.1. The summed E-state index contributed by atoms with van der Waals surface area (Å²) in [6, 6.07) is 5.27. The molecule has 0 spiro atoms. The number of esters is 3. The third-order valence-electron chi connectivity index (χ3n) is 3.62. The van der Waals surface area contributed by atoms with Crippen molar-refractivity contribution >= 4 is 35.2 Å². The highest BCUT2D eigenvalue weighted by molar-refractivity contribution is 8.02. The molecule has 0 saturated carbocycles. The van der Waals surface area contributed by atoms with E-state index in [0.717, 1.165) is 11.8 Å². The summed E-state index contributed by atoms with van der Waals surface area (Å²) < 4.78 is 16.9. The molecule has 2 aromatic heterocycles. The van der Waals surface area contributed by atoms with Crippen LogP contribution in [0.2, 0.25) is 0 Å². The molecule has 0 aliphatic heterocycles. The summed E-state index contributed by atoms with van der Waals surface area (Å²) in [5, 5.41) is 1.65. The van der Waals surface area contributed by atoms with Crippen LogP contribution in [0.4, 0.5) is 0 Å². The lowest BCUT2D eigenvalue weighted by atomic mass is 10.2. The summed E-state index contributed by atoms with van der Waals surface area (Å²) in [5.74, 6) is -1.42. The van der Waals surface area contributed by atoms with E-state index in [-0.39, 0.29) is 36.9 Å². The molecule has 2 aromatic rings. The van der Waals surface area contributed by atoms with Crippen molar-refractivity contribution in [2.24, 2.45) is 0 Å². The van der Waals surface area contributed by atoms with Crippen LogP contribution < -0.4 is 0 Å². The quantitative estimate of drug-likeness (QED) is 0.356. The average molecular weight is 405 g/mol. The third-order valence-corrected chi connectivity index (χ3v) is 4.58. The molecule has 0 aliphatic rings. The number of rotatable bonds is 9. The monoisotopic (exact) mass is 405 g/mol. The lowest BCUT2D eigenvalue weighted by molar-refractivity contribution is -0.142. The molecule has 0 aromatic carbocycles. The van der Waals surface area contributed by atoms with Gasteiger partial charge in [-0.3, -0.25) is 4.79 Å². The van der Waals surface area contributed by atoms with Crippen LogP contribution in [0, 0.1) is 0 Å². The minimum atomic E-state index is -0.541. The minimum Gasteiger partial charge on any atom is -0.466 e. The van der Waals surface area contributed by atoms with Gasteiger partial charge in [-0.05, 0) is 38.3 Å². The van der Waals surface area contributed by atoms with Crippen molar-refractivity contribution in [2.45, 2.75) is 32.1 Å². The number of aromatic nitrogens is 1. The van der Waals surface area contributed by atoms with Gasteiger partial charge in [-0.1, -0.05) is 23.9 Å². The molecule has 28 heavy (non-hydrogen) atoms. The summed E-state index contributed by atoms with van der Waals surface area (Å²) >= 11 is 1.16. The third kappa shape index (κ3) is 4.95. The molecule has 0 saturated heterocycles. The molecule has 2 heterocycles. The Morgan fingerprint density at radius 3 is 2.36 bits per heavy atom. The predicted molar refractivity (Wildman–Crippen MR) is 106 cm³/mol. The number of thioether (sulfide) groups is 1. The second-order valence-electron chi connectivity index (χ2n) is 5.45. The number of hydrogen-bond donors (Lipinski definition) is 0. The Hall–Kier alpha value is -2.74. The van der Waals surface area contributed by atoms with Crippen molar-refractivity contribution in [1.29, 1.82) is 0 Å². The summed E-state index contributed by atoms with van der Waals surface area (Å²) in [6.07, 6.45) is 3.41. The molecular formula is C20H23NO6S. The van der Waals surface area contributed by atoms with Gasteiger partial charge in [0.2, 0.25) is 0 Å². The number of ether oxygens (including phenoxy) is 3. The second-order valence-corrected chi connectivity index (χ2v) is 6.36. The molecule has 7 nitrogen and oxygen atoms in total. The van der Waals surface area contributed by atoms with Gasteiger partial charge in [0.25, 0.3) is 0 Å².